The highest BCUT2D eigenvalue weighted by Crippen LogP contribution is 2.29. The van der Waals surface area contributed by atoms with Crippen molar-refractivity contribution in [3.05, 3.63) is 41.1 Å². The van der Waals surface area contributed by atoms with Gasteiger partial charge in [-0.3, -0.25) is 9.48 Å². The van der Waals surface area contributed by atoms with Crippen LogP contribution in [0.15, 0.2) is 23.0 Å². The summed E-state index contributed by atoms with van der Waals surface area (Å²) in [5, 5.41) is 4.72. The van der Waals surface area contributed by atoms with Crippen molar-refractivity contribution in [2.45, 2.75) is 64.6 Å². The lowest BCUT2D eigenvalue weighted by molar-refractivity contribution is 0.0776. The van der Waals surface area contributed by atoms with Crippen LogP contribution in [0.5, 0.6) is 0 Å². The van der Waals surface area contributed by atoms with Gasteiger partial charge in [0, 0.05) is 43.0 Å². The minimum atomic E-state index is 0.0129. The van der Waals surface area contributed by atoms with E-state index >= 15 is 0 Å². The fraction of sp³-hybridized carbons (Fsp3) is 0.619. The summed E-state index contributed by atoms with van der Waals surface area (Å²) >= 11 is 0. The molecule has 1 fully saturated rings. The molecule has 0 radical (unpaired) electrons. The maximum atomic E-state index is 13.2. The number of fused-ring (bicyclic) bond motifs is 1. The second-order valence-corrected chi connectivity index (χ2v) is 7.88. The van der Waals surface area contributed by atoms with Crippen LogP contribution in [0.25, 0.3) is 0 Å². The monoisotopic (exact) mass is 370 g/mol. The van der Waals surface area contributed by atoms with Gasteiger partial charge in [0.1, 0.15) is 0 Å². The zero-order chi connectivity index (χ0) is 18.8. The van der Waals surface area contributed by atoms with Crippen molar-refractivity contribution in [2.24, 2.45) is 0 Å². The number of aryl methyl sites for hydroxylation is 1. The van der Waals surface area contributed by atoms with Gasteiger partial charge in [-0.2, -0.15) is 5.10 Å². The van der Waals surface area contributed by atoms with Gasteiger partial charge in [0.25, 0.3) is 5.91 Å². The molecule has 146 valence electrons. The van der Waals surface area contributed by atoms with Gasteiger partial charge in [0.05, 0.1) is 12.5 Å². The second-order valence-electron chi connectivity index (χ2n) is 7.88. The summed E-state index contributed by atoms with van der Waals surface area (Å²) in [6, 6.07) is 2.45. The van der Waals surface area contributed by atoms with E-state index in [1.807, 2.05) is 17.8 Å². The van der Waals surface area contributed by atoms with Crippen LogP contribution in [0.2, 0.25) is 0 Å². The van der Waals surface area contributed by atoms with Gasteiger partial charge < -0.3 is 14.2 Å². The van der Waals surface area contributed by atoms with Gasteiger partial charge in [0.2, 0.25) is 0 Å². The van der Waals surface area contributed by atoms with Crippen molar-refractivity contribution in [2.75, 3.05) is 20.1 Å². The van der Waals surface area contributed by atoms with Crippen molar-refractivity contribution >= 4 is 5.91 Å². The molecule has 27 heavy (non-hydrogen) atoms. The number of piperidine rings is 1. The van der Waals surface area contributed by atoms with Gasteiger partial charge in [-0.1, -0.05) is 6.42 Å². The quantitative estimate of drug-likeness (QED) is 0.811. The Hall–Kier alpha value is -2.08. The average Bonchev–Trinajstić information content (AvgIpc) is 3.35. The Labute approximate surface area is 161 Å². The normalized spacial score (nSPS) is 20.4. The molecule has 1 atom stereocenters. The summed E-state index contributed by atoms with van der Waals surface area (Å²) in [5.74, 6) is 0.0129. The third kappa shape index (κ3) is 3.68. The Morgan fingerprint density at radius 3 is 2.85 bits per heavy atom. The van der Waals surface area contributed by atoms with E-state index in [1.165, 1.54) is 50.0 Å². The SMILES string of the molecule is CCn1nc(C(=O)N(C)Cc2ccoc2)c2c1CC[C@@H](N1CCCCC1)C2. The van der Waals surface area contributed by atoms with Crippen molar-refractivity contribution < 1.29 is 9.21 Å². The molecule has 6 heteroatoms. The largest absolute Gasteiger partial charge is 0.472 e. The van der Waals surface area contributed by atoms with E-state index < -0.39 is 0 Å². The molecule has 1 aliphatic heterocycles. The van der Waals surface area contributed by atoms with E-state index in [0.717, 1.165) is 24.9 Å². The molecule has 4 rings (SSSR count). The molecule has 1 aliphatic carbocycles. The molecular formula is C21H30N4O2. The molecule has 0 bridgehead atoms. The predicted molar refractivity (Wildman–Crippen MR) is 104 cm³/mol. The minimum Gasteiger partial charge on any atom is -0.472 e. The maximum Gasteiger partial charge on any atom is 0.274 e. The number of hydrogen-bond acceptors (Lipinski definition) is 4. The summed E-state index contributed by atoms with van der Waals surface area (Å²) in [6.07, 6.45) is 10.4. The summed E-state index contributed by atoms with van der Waals surface area (Å²) in [5.41, 5.74) is 4.11. The van der Waals surface area contributed by atoms with Gasteiger partial charge in [0.15, 0.2) is 5.69 Å². The first-order valence-corrected chi connectivity index (χ1v) is 10.3. The lowest BCUT2D eigenvalue weighted by atomic mass is 9.89. The lowest BCUT2D eigenvalue weighted by Gasteiger charge is -2.37. The number of rotatable bonds is 5. The van der Waals surface area contributed by atoms with Gasteiger partial charge in [-0.15, -0.1) is 0 Å². The first-order chi connectivity index (χ1) is 13.2. The maximum absolute atomic E-state index is 13.2. The number of likely N-dealkylation sites (tertiary alicyclic amines) is 1. The van der Waals surface area contributed by atoms with Crippen LogP contribution in [0.1, 0.15) is 59.9 Å². The highest BCUT2D eigenvalue weighted by atomic mass is 16.3. The molecule has 0 spiro atoms. The Kier molecular flexibility index (Phi) is 5.34. The first kappa shape index (κ1) is 18.3. The molecule has 0 unspecified atom stereocenters. The van der Waals surface area contributed by atoms with E-state index in [0.29, 0.717) is 18.3 Å². The molecule has 0 aromatic carbocycles. The third-order valence-electron chi connectivity index (χ3n) is 6.08. The van der Waals surface area contributed by atoms with Gasteiger partial charge in [-0.25, -0.2) is 0 Å². The molecule has 3 heterocycles. The topological polar surface area (TPSA) is 54.5 Å². The van der Waals surface area contributed by atoms with E-state index in [9.17, 15) is 4.79 Å². The first-order valence-electron chi connectivity index (χ1n) is 10.3. The van der Waals surface area contributed by atoms with Crippen molar-refractivity contribution in [1.29, 1.82) is 0 Å². The standard InChI is InChI=1S/C21H30N4O2/c1-3-25-19-8-7-17(24-10-5-4-6-11-24)13-18(19)20(22-25)21(26)23(2)14-16-9-12-27-15-16/h9,12,15,17H,3-8,10-11,13-14H2,1-2H3/t17-/m1/s1. The van der Waals surface area contributed by atoms with E-state index in [4.69, 9.17) is 9.52 Å². The van der Waals surface area contributed by atoms with Gasteiger partial charge in [-0.05, 0) is 58.2 Å². The summed E-state index contributed by atoms with van der Waals surface area (Å²) in [4.78, 5) is 17.5. The van der Waals surface area contributed by atoms with Crippen LogP contribution >= 0.6 is 0 Å². The second kappa shape index (κ2) is 7.89. The number of furan rings is 1. The third-order valence-corrected chi connectivity index (χ3v) is 6.08. The number of nitrogens with zero attached hydrogens (tertiary/aromatic N) is 4. The summed E-state index contributed by atoms with van der Waals surface area (Å²) in [6.45, 7) is 5.86. The Bertz CT molecular complexity index is 774. The van der Waals surface area contributed by atoms with E-state index in [1.54, 1.807) is 17.4 Å². The zero-order valence-corrected chi connectivity index (χ0v) is 16.5. The number of amides is 1. The minimum absolute atomic E-state index is 0.0129. The molecule has 2 aromatic heterocycles. The Balaban J connectivity index is 1.56. The number of carbonyl (C=O) groups is 1. The van der Waals surface area contributed by atoms with Crippen LogP contribution in [0.4, 0.5) is 0 Å². The van der Waals surface area contributed by atoms with Crippen molar-refractivity contribution in [1.82, 2.24) is 19.6 Å². The summed E-state index contributed by atoms with van der Waals surface area (Å²) in [7, 11) is 1.84. The molecule has 2 aliphatic rings. The molecule has 6 nitrogen and oxygen atoms in total. The molecule has 1 amide bonds. The predicted octanol–water partition coefficient (Wildman–Crippen LogP) is 3.11. The molecular weight excluding hydrogens is 340 g/mol. The van der Waals surface area contributed by atoms with Crippen LogP contribution in [-0.2, 0) is 25.9 Å². The number of carbonyl (C=O) groups excluding carboxylic acids is 1. The summed E-state index contributed by atoms with van der Waals surface area (Å²) < 4.78 is 7.17. The van der Waals surface area contributed by atoms with Crippen molar-refractivity contribution in [3.8, 4) is 0 Å². The van der Waals surface area contributed by atoms with E-state index in [2.05, 4.69) is 11.8 Å². The van der Waals surface area contributed by atoms with E-state index in [-0.39, 0.29) is 5.91 Å². The fourth-order valence-electron chi connectivity index (χ4n) is 4.61. The highest BCUT2D eigenvalue weighted by molar-refractivity contribution is 5.94. The Morgan fingerprint density at radius 2 is 2.15 bits per heavy atom. The van der Waals surface area contributed by atoms with Crippen LogP contribution < -0.4 is 0 Å². The average molecular weight is 370 g/mol. The van der Waals surface area contributed by atoms with Crippen molar-refractivity contribution in [3.63, 3.8) is 0 Å². The van der Waals surface area contributed by atoms with Gasteiger partial charge >= 0.3 is 0 Å². The smallest absolute Gasteiger partial charge is 0.274 e. The zero-order valence-electron chi connectivity index (χ0n) is 16.5. The van der Waals surface area contributed by atoms with Crippen LogP contribution in [0, 0.1) is 0 Å². The lowest BCUT2D eigenvalue weighted by Crippen LogP contribution is -2.42. The number of hydrogen-bond donors (Lipinski definition) is 0. The fourth-order valence-corrected chi connectivity index (χ4v) is 4.61. The van der Waals surface area contributed by atoms with Crippen LogP contribution in [0.3, 0.4) is 0 Å². The molecule has 0 saturated carbocycles. The Morgan fingerprint density at radius 1 is 1.33 bits per heavy atom. The molecule has 1 saturated heterocycles. The molecule has 0 N–H and O–H groups in total. The molecule has 2 aromatic rings. The van der Waals surface area contributed by atoms with Crippen LogP contribution in [-0.4, -0.2) is 51.7 Å². The number of aromatic nitrogens is 2. The highest BCUT2D eigenvalue weighted by Gasteiger charge is 2.32.